The van der Waals surface area contributed by atoms with Crippen LogP contribution in [-0.2, 0) is 4.74 Å². The number of fused-ring (bicyclic) bond motifs is 5. The van der Waals surface area contributed by atoms with E-state index in [2.05, 4.69) is 33.8 Å². The number of hydrogen-bond donors (Lipinski definition) is 5. The normalized spacial score (nSPS) is 49.4. The Bertz CT molecular complexity index is 874. The van der Waals surface area contributed by atoms with Crippen LogP contribution in [0.15, 0.2) is 11.6 Å². The van der Waals surface area contributed by atoms with Crippen LogP contribution in [0.1, 0.15) is 105 Å². The van der Waals surface area contributed by atoms with Crippen molar-refractivity contribution in [2.45, 2.75) is 141 Å². The van der Waals surface area contributed by atoms with Crippen molar-refractivity contribution < 1.29 is 30.3 Å². The van der Waals surface area contributed by atoms with Crippen LogP contribution < -0.4 is 0 Å². The summed E-state index contributed by atoms with van der Waals surface area (Å²) >= 11 is 0. The van der Waals surface area contributed by atoms with Gasteiger partial charge in [-0.05, 0) is 104 Å². The van der Waals surface area contributed by atoms with Gasteiger partial charge in [-0.1, -0.05) is 58.6 Å². The molecule has 14 atom stereocenters. The standard InChI is InChI=1S/C33H56O6/c1-19(16-27-29(36)31(38)30(37)28(18-34)39-27)6-5-7-20(2)24-10-11-25-23-9-8-21-17-22(35)12-14-32(21,3)26(23)13-15-33(24,25)4/h8,19-20,22-31,34-38H,5-7,9-18H2,1-4H3/t19?,20-,22+,23+,24-,25+,26+,27?,28-,29+,30+,31-,32+,33-/m1/s1. The Morgan fingerprint density at radius 1 is 0.897 bits per heavy atom. The number of hydrogen-bond acceptors (Lipinski definition) is 6. The second-order valence-corrected chi connectivity index (χ2v) is 15.0. The van der Waals surface area contributed by atoms with E-state index < -0.39 is 30.5 Å². The van der Waals surface area contributed by atoms with Gasteiger partial charge in [-0.2, -0.15) is 0 Å². The topological polar surface area (TPSA) is 110 Å². The smallest absolute Gasteiger partial charge is 0.111 e. The van der Waals surface area contributed by atoms with E-state index in [1.165, 1.54) is 38.5 Å². The van der Waals surface area contributed by atoms with E-state index in [0.717, 1.165) is 55.8 Å². The largest absolute Gasteiger partial charge is 0.394 e. The van der Waals surface area contributed by atoms with Crippen molar-refractivity contribution in [2.24, 2.45) is 46.3 Å². The maximum absolute atomic E-state index is 10.4. The molecule has 2 unspecified atom stereocenters. The summed E-state index contributed by atoms with van der Waals surface area (Å²) in [5, 5.41) is 50.4. The average Bonchev–Trinajstić information content (AvgIpc) is 3.26. The highest BCUT2D eigenvalue weighted by molar-refractivity contribution is 5.25. The molecule has 0 aromatic carbocycles. The molecule has 5 N–H and O–H groups in total. The highest BCUT2D eigenvalue weighted by atomic mass is 16.5. The van der Waals surface area contributed by atoms with Crippen LogP contribution in [-0.4, -0.2) is 68.8 Å². The lowest BCUT2D eigenvalue weighted by atomic mass is 9.47. The Kier molecular flexibility index (Phi) is 8.95. The second-order valence-electron chi connectivity index (χ2n) is 15.0. The van der Waals surface area contributed by atoms with Gasteiger partial charge in [-0.25, -0.2) is 0 Å². The highest BCUT2D eigenvalue weighted by Crippen LogP contribution is 2.67. The molecule has 5 aliphatic rings. The van der Waals surface area contributed by atoms with E-state index in [1.807, 2.05) is 0 Å². The molecule has 0 amide bonds. The Labute approximate surface area is 236 Å². The van der Waals surface area contributed by atoms with Crippen LogP contribution in [0, 0.1) is 46.3 Å². The molecule has 1 aliphatic heterocycles. The minimum Gasteiger partial charge on any atom is -0.394 e. The highest BCUT2D eigenvalue weighted by Gasteiger charge is 2.59. The molecule has 0 spiro atoms. The van der Waals surface area contributed by atoms with E-state index >= 15 is 0 Å². The third kappa shape index (κ3) is 5.41. The number of ether oxygens (including phenoxy) is 1. The van der Waals surface area contributed by atoms with Gasteiger partial charge in [-0.3, -0.25) is 0 Å². The van der Waals surface area contributed by atoms with Crippen molar-refractivity contribution in [1.82, 2.24) is 0 Å². The van der Waals surface area contributed by atoms with Crippen molar-refractivity contribution in [2.75, 3.05) is 6.61 Å². The predicted octanol–water partition coefficient (Wildman–Crippen LogP) is 4.60. The van der Waals surface area contributed by atoms with Gasteiger partial charge in [0, 0.05) is 0 Å². The molecule has 5 rings (SSSR count). The first-order valence-corrected chi connectivity index (χ1v) is 16.2. The summed E-state index contributed by atoms with van der Waals surface area (Å²) < 4.78 is 5.74. The Hall–Kier alpha value is -0.500. The minimum absolute atomic E-state index is 0.133. The van der Waals surface area contributed by atoms with Gasteiger partial charge in [-0.15, -0.1) is 0 Å². The SMILES string of the molecule is CC(CCC[C@@H](C)[C@H]1CC[C@H]2[C@@H]3CC=C4C[C@@H](O)CC[C@]4(C)[C@H]3CC[C@]12C)CC1O[C@H](CO)[C@H](O)[C@H](O)[C@H]1O. The zero-order valence-electron chi connectivity index (χ0n) is 24.8. The molecule has 0 aromatic rings. The molecule has 3 saturated carbocycles. The van der Waals surface area contributed by atoms with E-state index in [9.17, 15) is 25.5 Å². The second kappa shape index (κ2) is 11.6. The molecule has 0 bridgehead atoms. The lowest BCUT2D eigenvalue weighted by Gasteiger charge is -2.58. The van der Waals surface area contributed by atoms with Crippen LogP contribution in [0.5, 0.6) is 0 Å². The monoisotopic (exact) mass is 548 g/mol. The van der Waals surface area contributed by atoms with E-state index in [-0.39, 0.29) is 12.7 Å². The van der Waals surface area contributed by atoms with Crippen molar-refractivity contribution in [1.29, 1.82) is 0 Å². The third-order valence-electron chi connectivity index (χ3n) is 12.8. The summed E-state index contributed by atoms with van der Waals surface area (Å²) in [6.07, 6.45) is 11.1. The maximum atomic E-state index is 10.4. The van der Waals surface area contributed by atoms with Crippen molar-refractivity contribution in [3.05, 3.63) is 11.6 Å². The fourth-order valence-electron chi connectivity index (χ4n) is 10.5. The molecule has 0 aromatic heterocycles. The van der Waals surface area contributed by atoms with Gasteiger partial charge >= 0.3 is 0 Å². The van der Waals surface area contributed by atoms with Crippen molar-refractivity contribution >= 4 is 0 Å². The summed E-state index contributed by atoms with van der Waals surface area (Å²) in [5.41, 5.74) is 2.31. The van der Waals surface area contributed by atoms with E-state index in [1.54, 1.807) is 5.57 Å². The van der Waals surface area contributed by atoms with Crippen LogP contribution in [0.3, 0.4) is 0 Å². The fourth-order valence-corrected chi connectivity index (χ4v) is 10.5. The average molecular weight is 549 g/mol. The lowest BCUT2D eigenvalue weighted by molar-refractivity contribution is -0.232. The van der Waals surface area contributed by atoms with Crippen molar-refractivity contribution in [3.8, 4) is 0 Å². The molecule has 4 aliphatic carbocycles. The molecular formula is C33H56O6. The first kappa shape index (κ1) is 30.0. The molecule has 1 saturated heterocycles. The van der Waals surface area contributed by atoms with Gasteiger partial charge in [0.2, 0.25) is 0 Å². The molecule has 1 heterocycles. The fraction of sp³-hybridized carbons (Fsp3) is 0.939. The summed E-state index contributed by atoms with van der Waals surface area (Å²) in [5.74, 6) is 4.25. The molecule has 6 heteroatoms. The zero-order valence-corrected chi connectivity index (χ0v) is 24.8. The molecule has 39 heavy (non-hydrogen) atoms. The van der Waals surface area contributed by atoms with Crippen LogP contribution >= 0.6 is 0 Å². The van der Waals surface area contributed by atoms with E-state index in [0.29, 0.717) is 29.1 Å². The Morgan fingerprint density at radius 3 is 2.38 bits per heavy atom. The van der Waals surface area contributed by atoms with Crippen LogP contribution in [0.25, 0.3) is 0 Å². The van der Waals surface area contributed by atoms with Gasteiger partial charge in [0.25, 0.3) is 0 Å². The van der Waals surface area contributed by atoms with Gasteiger partial charge in [0.05, 0.1) is 18.8 Å². The Morgan fingerprint density at radius 2 is 1.64 bits per heavy atom. The third-order valence-corrected chi connectivity index (χ3v) is 12.8. The maximum Gasteiger partial charge on any atom is 0.111 e. The summed E-state index contributed by atoms with van der Waals surface area (Å²) in [6, 6.07) is 0. The number of allylic oxidation sites excluding steroid dienone is 1. The molecule has 6 nitrogen and oxygen atoms in total. The summed E-state index contributed by atoms with van der Waals surface area (Å²) in [4.78, 5) is 0. The summed E-state index contributed by atoms with van der Waals surface area (Å²) in [7, 11) is 0. The van der Waals surface area contributed by atoms with E-state index in [4.69, 9.17) is 4.74 Å². The predicted molar refractivity (Wildman–Crippen MR) is 152 cm³/mol. The lowest BCUT2D eigenvalue weighted by Crippen LogP contribution is -2.58. The summed E-state index contributed by atoms with van der Waals surface area (Å²) in [6.45, 7) is 9.43. The number of aliphatic hydroxyl groups excluding tert-OH is 5. The zero-order chi connectivity index (χ0) is 28.1. The van der Waals surface area contributed by atoms with Gasteiger partial charge in [0.1, 0.15) is 24.4 Å². The molecule has 224 valence electrons. The van der Waals surface area contributed by atoms with Gasteiger partial charge in [0.15, 0.2) is 0 Å². The minimum atomic E-state index is -1.28. The molecular weight excluding hydrogens is 492 g/mol. The first-order chi connectivity index (χ1) is 18.5. The van der Waals surface area contributed by atoms with Crippen LogP contribution in [0.2, 0.25) is 0 Å². The number of aliphatic hydroxyl groups is 5. The molecule has 0 radical (unpaired) electrons. The van der Waals surface area contributed by atoms with Crippen LogP contribution in [0.4, 0.5) is 0 Å². The quantitative estimate of drug-likeness (QED) is 0.284. The van der Waals surface area contributed by atoms with Gasteiger partial charge < -0.3 is 30.3 Å². The Balaban J connectivity index is 1.14. The first-order valence-electron chi connectivity index (χ1n) is 16.2. The number of rotatable bonds is 8. The van der Waals surface area contributed by atoms with Crippen molar-refractivity contribution in [3.63, 3.8) is 0 Å². The molecule has 4 fully saturated rings.